The maximum atomic E-state index is 12.6. The molecule has 1 aromatic heterocycles. The van der Waals surface area contributed by atoms with Gasteiger partial charge < -0.3 is 15.6 Å². The number of aromatic nitrogens is 1. The number of hydrogen-bond donors (Lipinski definition) is 3. The molecule has 3 N–H and O–H groups in total. The molecular formula is C17H25N3O2. The van der Waals surface area contributed by atoms with Crippen molar-refractivity contribution in [1.29, 1.82) is 0 Å². The SMILES string of the molecule is CCc1c(C(=O)NC2CC3CCC(C2)N3)[nH]c(C)c1C(C)=O. The van der Waals surface area contributed by atoms with Crippen LogP contribution in [0.5, 0.6) is 0 Å². The van der Waals surface area contributed by atoms with Crippen molar-refractivity contribution in [3.63, 3.8) is 0 Å². The number of aryl methyl sites for hydroxylation is 1. The maximum absolute atomic E-state index is 12.6. The molecule has 3 heterocycles. The van der Waals surface area contributed by atoms with E-state index < -0.39 is 0 Å². The molecule has 0 spiro atoms. The first-order chi connectivity index (χ1) is 10.5. The normalized spacial score (nSPS) is 27.0. The molecule has 2 unspecified atom stereocenters. The first-order valence-corrected chi connectivity index (χ1v) is 8.28. The average Bonchev–Trinajstić information content (AvgIpc) is 2.98. The van der Waals surface area contributed by atoms with Crippen LogP contribution in [0.4, 0.5) is 0 Å². The van der Waals surface area contributed by atoms with Gasteiger partial charge in [-0.3, -0.25) is 9.59 Å². The fraction of sp³-hybridized carbons (Fsp3) is 0.647. The molecule has 0 radical (unpaired) electrons. The Morgan fingerprint density at radius 1 is 1.23 bits per heavy atom. The molecule has 22 heavy (non-hydrogen) atoms. The van der Waals surface area contributed by atoms with Gasteiger partial charge in [-0.15, -0.1) is 0 Å². The molecule has 1 amide bonds. The van der Waals surface area contributed by atoms with Crippen molar-refractivity contribution in [3.05, 3.63) is 22.5 Å². The topological polar surface area (TPSA) is 74.0 Å². The lowest BCUT2D eigenvalue weighted by Crippen LogP contribution is -2.48. The number of nitrogens with one attached hydrogen (secondary N) is 3. The zero-order chi connectivity index (χ0) is 15.9. The summed E-state index contributed by atoms with van der Waals surface area (Å²) < 4.78 is 0. The molecule has 2 bridgehead atoms. The summed E-state index contributed by atoms with van der Waals surface area (Å²) in [4.78, 5) is 27.6. The third-order valence-corrected chi connectivity index (χ3v) is 5.03. The molecule has 3 rings (SSSR count). The summed E-state index contributed by atoms with van der Waals surface area (Å²) in [6, 6.07) is 1.33. The molecule has 0 aromatic carbocycles. The Labute approximate surface area is 131 Å². The van der Waals surface area contributed by atoms with E-state index >= 15 is 0 Å². The predicted octanol–water partition coefficient (Wildman–Crippen LogP) is 2.10. The number of carbonyl (C=O) groups excluding carboxylic acids is 2. The average molecular weight is 303 g/mol. The van der Waals surface area contributed by atoms with Crippen LogP contribution < -0.4 is 10.6 Å². The molecule has 1 aromatic rings. The van der Waals surface area contributed by atoms with E-state index in [9.17, 15) is 9.59 Å². The van der Waals surface area contributed by atoms with Crippen molar-refractivity contribution < 1.29 is 9.59 Å². The zero-order valence-corrected chi connectivity index (χ0v) is 13.6. The van der Waals surface area contributed by atoms with Crippen LogP contribution in [0.25, 0.3) is 0 Å². The Hall–Kier alpha value is -1.62. The van der Waals surface area contributed by atoms with Crippen LogP contribution in [-0.2, 0) is 6.42 Å². The summed E-state index contributed by atoms with van der Waals surface area (Å²) in [7, 11) is 0. The fourth-order valence-corrected chi connectivity index (χ4v) is 4.13. The second kappa shape index (κ2) is 5.88. The number of fused-ring (bicyclic) bond motifs is 2. The summed E-state index contributed by atoms with van der Waals surface area (Å²) in [5.74, 6) is -0.0525. The first kappa shape index (κ1) is 15.3. The molecule has 5 heteroatoms. The van der Waals surface area contributed by atoms with Gasteiger partial charge in [0.05, 0.1) is 0 Å². The lowest BCUT2D eigenvalue weighted by molar-refractivity contribution is 0.0918. The summed E-state index contributed by atoms with van der Waals surface area (Å²) in [6.07, 6.45) is 5.12. The lowest BCUT2D eigenvalue weighted by Gasteiger charge is -2.29. The minimum atomic E-state index is -0.0706. The Balaban J connectivity index is 1.77. The highest BCUT2D eigenvalue weighted by Gasteiger charge is 2.34. The number of H-pyrrole nitrogens is 1. The molecular weight excluding hydrogens is 278 g/mol. The summed E-state index contributed by atoms with van der Waals surface area (Å²) >= 11 is 0. The van der Waals surface area contributed by atoms with Crippen LogP contribution in [0, 0.1) is 6.92 Å². The number of piperidine rings is 1. The van der Waals surface area contributed by atoms with Gasteiger partial charge in [0.15, 0.2) is 5.78 Å². The highest BCUT2D eigenvalue weighted by Crippen LogP contribution is 2.27. The standard InChI is InChI=1S/C17H25N3O2/c1-4-14-15(10(3)21)9(2)18-16(14)17(22)20-13-7-11-5-6-12(8-13)19-11/h11-13,18-19H,4-8H2,1-3H3,(H,20,22). The number of hydrogen-bond acceptors (Lipinski definition) is 3. The van der Waals surface area contributed by atoms with E-state index in [0.717, 1.165) is 24.1 Å². The van der Waals surface area contributed by atoms with Gasteiger partial charge in [0.2, 0.25) is 0 Å². The van der Waals surface area contributed by atoms with Crippen LogP contribution in [0.3, 0.4) is 0 Å². The quantitative estimate of drug-likeness (QED) is 0.746. The summed E-state index contributed by atoms with van der Waals surface area (Å²) in [5, 5.41) is 6.75. The minimum absolute atomic E-state index is 0.0181. The van der Waals surface area contributed by atoms with Crippen LogP contribution in [0.15, 0.2) is 0 Å². The van der Waals surface area contributed by atoms with Gasteiger partial charge >= 0.3 is 0 Å². The summed E-state index contributed by atoms with van der Waals surface area (Å²) in [6.45, 7) is 5.40. The maximum Gasteiger partial charge on any atom is 0.268 e. The number of ketones is 1. The van der Waals surface area contributed by atoms with Crippen molar-refractivity contribution in [1.82, 2.24) is 15.6 Å². The van der Waals surface area contributed by atoms with Gasteiger partial charge in [0.25, 0.3) is 5.91 Å². The molecule has 2 atom stereocenters. The lowest BCUT2D eigenvalue weighted by atomic mass is 9.99. The molecule has 2 aliphatic heterocycles. The molecule has 0 saturated carbocycles. The highest BCUT2D eigenvalue weighted by atomic mass is 16.2. The van der Waals surface area contributed by atoms with E-state index in [1.165, 1.54) is 12.8 Å². The van der Waals surface area contributed by atoms with Gasteiger partial charge in [0, 0.05) is 29.4 Å². The van der Waals surface area contributed by atoms with Crippen LogP contribution >= 0.6 is 0 Å². The van der Waals surface area contributed by atoms with E-state index in [1.54, 1.807) is 6.92 Å². The van der Waals surface area contributed by atoms with Crippen LogP contribution in [-0.4, -0.2) is 34.8 Å². The molecule has 2 saturated heterocycles. The predicted molar refractivity (Wildman–Crippen MR) is 85.3 cm³/mol. The van der Waals surface area contributed by atoms with Gasteiger partial charge in [-0.05, 0) is 51.5 Å². The molecule has 120 valence electrons. The van der Waals surface area contributed by atoms with Crippen molar-refractivity contribution in [2.45, 2.75) is 71.0 Å². The van der Waals surface area contributed by atoms with Gasteiger partial charge in [-0.1, -0.05) is 6.92 Å². The van der Waals surface area contributed by atoms with Gasteiger partial charge in [0.1, 0.15) is 5.69 Å². The second-order valence-electron chi connectivity index (χ2n) is 6.67. The smallest absolute Gasteiger partial charge is 0.268 e. The van der Waals surface area contributed by atoms with Crippen molar-refractivity contribution >= 4 is 11.7 Å². The van der Waals surface area contributed by atoms with E-state index in [1.807, 2.05) is 13.8 Å². The number of aromatic amines is 1. The Kier molecular flexibility index (Phi) is 4.08. The molecule has 0 aliphatic carbocycles. The molecule has 2 aliphatic rings. The Morgan fingerprint density at radius 3 is 2.41 bits per heavy atom. The second-order valence-corrected chi connectivity index (χ2v) is 6.67. The highest BCUT2D eigenvalue weighted by molar-refractivity contribution is 6.02. The van der Waals surface area contributed by atoms with Crippen molar-refractivity contribution in [3.8, 4) is 0 Å². The third-order valence-electron chi connectivity index (χ3n) is 5.03. The first-order valence-electron chi connectivity index (χ1n) is 8.28. The molecule has 5 nitrogen and oxygen atoms in total. The minimum Gasteiger partial charge on any atom is -0.354 e. The zero-order valence-electron chi connectivity index (χ0n) is 13.6. The van der Waals surface area contributed by atoms with Gasteiger partial charge in [-0.2, -0.15) is 0 Å². The van der Waals surface area contributed by atoms with Gasteiger partial charge in [-0.25, -0.2) is 0 Å². The monoisotopic (exact) mass is 303 g/mol. The Bertz CT molecular complexity index is 593. The molecule has 2 fully saturated rings. The number of carbonyl (C=O) groups is 2. The fourth-order valence-electron chi connectivity index (χ4n) is 4.13. The largest absolute Gasteiger partial charge is 0.354 e. The number of amides is 1. The summed E-state index contributed by atoms with van der Waals surface area (Å²) in [5.41, 5.74) is 2.88. The van der Waals surface area contributed by atoms with E-state index in [0.29, 0.717) is 29.8 Å². The van der Waals surface area contributed by atoms with E-state index in [4.69, 9.17) is 0 Å². The number of rotatable bonds is 4. The number of Topliss-reactive ketones (excluding diaryl/α,β-unsaturated/α-hetero) is 1. The van der Waals surface area contributed by atoms with Crippen LogP contribution in [0.1, 0.15) is 71.6 Å². The van der Waals surface area contributed by atoms with E-state index in [-0.39, 0.29) is 17.7 Å². The van der Waals surface area contributed by atoms with E-state index in [2.05, 4.69) is 15.6 Å². The van der Waals surface area contributed by atoms with Crippen LogP contribution in [0.2, 0.25) is 0 Å². The third kappa shape index (κ3) is 2.70. The van der Waals surface area contributed by atoms with Crippen molar-refractivity contribution in [2.75, 3.05) is 0 Å². The van der Waals surface area contributed by atoms with Crippen molar-refractivity contribution in [2.24, 2.45) is 0 Å². The Morgan fingerprint density at radius 2 is 1.86 bits per heavy atom.